The highest BCUT2D eigenvalue weighted by molar-refractivity contribution is 5.85. The Balaban J connectivity index is 4.85. The minimum absolute atomic E-state index is 1.06. The van der Waals surface area contributed by atoms with Gasteiger partial charge >= 0.3 is 17.9 Å². The van der Waals surface area contributed by atoms with Crippen molar-refractivity contribution in [1.82, 2.24) is 0 Å². The summed E-state index contributed by atoms with van der Waals surface area (Å²) in [5, 5.41) is 43.4. The Kier molecular flexibility index (Phi) is 4.19. The zero-order valence-electron chi connectivity index (χ0n) is 7.45. The molecule has 0 bridgehead atoms. The molecule has 8 heteroatoms. The normalized spacial score (nSPS) is 16.4. The topological polar surface area (TPSA) is 152 Å². The molecule has 0 spiro atoms. The van der Waals surface area contributed by atoms with E-state index >= 15 is 0 Å². The van der Waals surface area contributed by atoms with E-state index in [1.807, 2.05) is 0 Å². The molecule has 0 aromatic rings. The zero-order chi connectivity index (χ0) is 12.2. The van der Waals surface area contributed by atoms with Gasteiger partial charge in [0, 0.05) is 0 Å². The molecule has 15 heavy (non-hydrogen) atoms. The summed E-state index contributed by atoms with van der Waals surface area (Å²) in [5.41, 5.74) is -3.00. The largest absolute Gasteiger partial charge is 0.481 e. The lowest BCUT2D eigenvalue weighted by Gasteiger charge is -2.25. The van der Waals surface area contributed by atoms with Crippen molar-refractivity contribution >= 4 is 17.9 Å². The summed E-state index contributed by atoms with van der Waals surface area (Å²) in [4.78, 5) is 30.9. The van der Waals surface area contributed by atoms with E-state index in [4.69, 9.17) is 20.4 Å². The second-order valence-electron chi connectivity index (χ2n) is 2.91. The lowest BCUT2D eigenvalue weighted by molar-refractivity contribution is -0.180. The molecule has 0 aliphatic carbocycles. The van der Waals surface area contributed by atoms with Gasteiger partial charge in [-0.15, -0.1) is 0 Å². The first-order chi connectivity index (χ1) is 6.70. The molecule has 2 unspecified atom stereocenters. The molecular weight excluding hydrogens is 212 g/mol. The number of hydrogen-bond acceptors (Lipinski definition) is 5. The van der Waals surface area contributed by atoms with Gasteiger partial charge in [-0.25, -0.2) is 4.79 Å². The maximum atomic E-state index is 10.5. The molecule has 0 fully saturated rings. The van der Waals surface area contributed by atoms with Crippen LogP contribution in [0, 0.1) is 0 Å². The molecule has 86 valence electrons. The van der Waals surface area contributed by atoms with Gasteiger partial charge in [-0.05, 0) is 0 Å². The van der Waals surface area contributed by atoms with Crippen molar-refractivity contribution in [3.63, 3.8) is 0 Å². The Hall–Kier alpha value is -1.67. The molecule has 0 aromatic carbocycles. The summed E-state index contributed by atoms with van der Waals surface area (Å²) in [6, 6.07) is 0. The van der Waals surface area contributed by atoms with Crippen LogP contribution in [0.1, 0.15) is 12.8 Å². The summed E-state index contributed by atoms with van der Waals surface area (Å²) in [6.07, 6.45) is -4.53. The van der Waals surface area contributed by atoms with Gasteiger partial charge in [-0.2, -0.15) is 0 Å². The van der Waals surface area contributed by atoms with E-state index in [0.717, 1.165) is 0 Å². The fourth-order valence-electron chi connectivity index (χ4n) is 0.901. The van der Waals surface area contributed by atoms with E-state index in [2.05, 4.69) is 0 Å². The highest BCUT2D eigenvalue weighted by atomic mass is 16.4. The average Bonchev–Trinajstić information content (AvgIpc) is 2.00. The molecule has 0 saturated heterocycles. The summed E-state index contributed by atoms with van der Waals surface area (Å²) < 4.78 is 0. The number of aliphatic carboxylic acids is 3. The molecule has 0 amide bonds. The van der Waals surface area contributed by atoms with E-state index in [-0.39, 0.29) is 0 Å². The molecule has 0 radical (unpaired) electrons. The Labute approximate surface area is 83.4 Å². The standard InChI is InChI=1S/C7H10O8/c8-3(1-4(9)10)7(15,6(13)14)2-5(11)12/h3,8,15H,1-2H2,(H,9,10)(H,11,12)(H,13,14). The Bertz CT molecular complexity index is 285. The number of carbonyl (C=O) groups is 3. The lowest BCUT2D eigenvalue weighted by atomic mass is 9.91. The molecule has 2 atom stereocenters. The number of aliphatic hydroxyl groups is 2. The second-order valence-corrected chi connectivity index (χ2v) is 2.91. The van der Waals surface area contributed by atoms with Crippen LogP contribution in [0.25, 0.3) is 0 Å². The van der Waals surface area contributed by atoms with Crippen molar-refractivity contribution in [2.24, 2.45) is 0 Å². The van der Waals surface area contributed by atoms with Crippen LogP contribution in [-0.2, 0) is 14.4 Å². The minimum atomic E-state index is -3.00. The predicted molar refractivity (Wildman–Crippen MR) is 43.1 cm³/mol. The van der Waals surface area contributed by atoms with Crippen LogP contribution < -0.4 is 0 Å². The lowest BCUT2D eigenvalue weighted by Crippen LogP contribution is -2.51. The van der Waals surface area contributed by atoms with Gasteiger partial charge in [0.2, 0.25) is 0 Å². The van der Waals surface area contributed by atoms with E-state index < -0.39 is 42.5 Å². The van der Waals surface area contributed by atoms with Gasteiger partial charge in [0.1, 0.15) is 6.10 Å². The number of carboxylic acids is 3. The van der Waals surface area contributed by atoms with E-state index in [1.165, 1.54) is 0 Å². The zero-order valence-corrected chi connectivity index (χ0v) is 7.45. The fraction of sp³-hybridized carbons (Fsp3) is 0.571. The Morgan fingerprint density at radius 1 is 1.07 bits per heavy atom. The highest BCUT2D eigenvalue weighted by Gasteiger charge is 2.46. The SMILES string of the molecule is O=C(O)CC(O)C(O)(CC(=O)O)C(=O)O. The van der Waals surface area contributed by atoms with Crippen LogP contribution in [0.2, 0.25) is 0 Å². The van der Waals surface area contributed by atoms with Crippen LogP contribution in [0.15, 0.2) is 0 Å². The van der Waals surface area contributed by atoms with Crippen LogP contribution in [0.5, 0.6) is 0 Å². The molecule has 0 rings (SSSR count). The Morgan fingerprint density at radius 2 is 1.53 bits per heavy atom. The first-order valence-corrected chi connectivity index (χ1v) is 3.77. The molecular formula is C7H10O8. The molecule has 0 saturated carbocycles. The maximum absolute atomic E-state index is 10.5. The van der Waals surface area contributed by atoms with Crippen LogP contribution in [-0.4, -0.2) is 55.1 Å². The van der Waals surface area contributed by atoms with Crippen LogP contribution in [0.4, 0.5) is 0 Å². The molecule has 0 aliphatic rings. The molecule has 0 heterocycles. The predicted octanol–water partition coefficient (Wildman–Crippen LogP) is -1.89. The van der Waals surface area contributed by atoms with Crippen molar-refractivity contribution < 1.29 is 39.9 Å². The van der Waals surface area contributed by atoms with Gasteiger partial charge in [-0.3, -0.25) is 9.59 Å². The minimum Gasteiger partial charge on any atom is -0.481 e. The van der Waals surface area contributed by atoms with Gasteiger partial charge < -0.3 is 25.5 Å². The third kappa shape index (κ3) is 3.52. The number of hydrogen-bond donors (Lipinski definition) is 5. The van der Waals surface area contributed by atoms with Crippen LogP contribution >= 0.6 is 0 Å². The summed E-state index contributed by atoms with van der Waals surface area (Å²) in [5.74, 6) is -5.20. The molecule has 5 N–H and O–H groups in total. The quantitative estimate of drug-likeness (QED) is 0.349. The number of aliphatic hydroxyl groups excluding tert-OH is 1. The smallest absolute Gasteiger partial charge is 0.339 e. The number of rotatable bonds is 6. The summed E-state index contributed by atoms with van der Waals surface area (Å²) in [7, 11) is 0. The van der Waals surface area contributed by atoms with Gasteiger partial charge in [0.05, 0.1) is 12.8 Å². The summed E-state index contributed by atoms with van der Waals surface area (Å²) in [6.45, 7) is 0. The van der Waals surface area contributed by atoms with Crippen molar-refractivity contribution in [2.75, 3.05) is 0 Å². The molecule has 0 aromatic heterocycles. The van der Waals surface area contributed by atoms with Crippen LogP contribution in [0.3, 0.4) is 0 Å². The van der Waals surface area contributed by atoms with Crippen molar-refractivity contribution in [3.8, 4) is 0 Å². The van der Waals surface area contributed by atoms with Crippen molar-refractivity contribution in [3.05, 3.63) is 0 Å². The molecule has 8 nitrogen and oxygen atoms in total. The first-order valence-electron chi connectivity index (χ1n) is 3.77. The van der Waals surface area contributed by atoms with Gasteiger partial charge in [-0.1, -0.05) is 0 Å². The highest BCUT2D eigenvalue weighted by Crippen LogP contribution is 2.19. The molecule has 0 aliphatic heterocycles. The third-order valence-electron chi connectivity index (χ3n) is 1.71. The first kappa shape index (κ1) is 13.3. The van der Waals surface area contributed by atoms with E-state index in [1.54, 1.807) is 0 Å². The van der Waals surface area contributed by atoms with Gasteiger partial charge in [0.25, 0.3) is 0 Å². The van der Waals surface area contributed by atoms with E-state index in [9.17, 15) is 19.5 Å². The van der Waals surface area contributed by atoms with Crippen molar-refractivity contribution in [2.45, 2.75) is 24.5 Å². The maximum Gasteiger partial charge on any atom is 0.339 e. The number of carboxylic acid groups (broad SMARTS) is 3. The average molecular weight is 222 g/mol. The fourth-order valence-corrected chi connectivity index (χ4v) is 0.901. The Morgan fingerprint density at radius 3 is 1.80 bits per heavy atom. The van der Waals surface area contributed by atoms with Gasteiger partial charge in [0.15, 0.2) is 5.60 Å². The van der Waals surface area contributed by atoms with Crippen molar-refractivity contribution in [1.29, 1.82) is 0 Å². The third-order valence-corrected chi connectivity index (χ3v) is 1.71. The summed E-state index contributed by atoms with van der Waals surface area (Å²) >= 11 is 0. The monoisotopic (exact) mass is 222 g/mol. The second kappa shape index (κ2) is 4.71. The van der Waals surface area contributed by atoms with E-state index in [0.29, 0.717) is 0 Å².